The number of hydrogen-bond acceptors (Lipinski definition) is 6. The number of carbonyl (C=O) groups is 1. The van der Waals surface area contributed by atoms with E-state index in [9.17, 15) is 4.79 Å². The van der Waals surface area contributed by atoms with Crippen LogP contribution in [0.2, 0.25) is 5.02 Å². The van der Waals surface area contributed by atoms with Crippen molar-refractivity contribution in [2.75, 3.05) is 5.84 Å². The molecule has 2 rings (SSSR count). The highest BCUT2D eigenvalue weighted by molar-refractivity contribution is 7.98. The van der Waals surface area contributed by atoms with Gasteiger partial charge in [0.25, 0.3) is 0 Å². The van der Waals surface area contributed by atoms with Crippen LogP contribution in [0.4, 0.5) is 4.79 Å². The maximum Gasteiger partial charge on any atom is 0.408 e. The Morgan fingerprint density at radius 3 is 2.48 bits per heavy atom. The molecule has 1 atom stereocenters. The van der Waals surface area contributed by atoms with E-state index in [1.807, 2.05) is 58.9 Å². The van der Waals surface area contributed by atoms with Crippen LogP contribution < -0.4 is 11.2 Å². The van der Waals surface area contributed by atoms with Crippen LogP contribution in [0.25, 0.3) is 0 Å². The molecule has 148 valence electrons. The summed E-state index contributed by atoms with van der Waals surface area (Å²) in [4.78, 5) is 12.2. The zero-order valence-corrected chi connectivity index (χ0v) is 17.8. The molecule has 1 aromatic carbocycles. The lowest BCUT2D eigenvalue weighted by Crippen LogP contribution is -2.38. The van der Waals surface area contributed by atoms with Crippen molar-refractivity contribution in [3.05, 3.63) is 40.7 Å². The zero-order chi connectivity index (χ0) is 20.2. The normalized spacial score (nSPS) is 12.9. The highest BCUT2D eigenvalue weighted by Gasteiger charge is 2.27. The molecule has 3 N–H and O–H groups in total. The molecular formula is C18H26ClN5O2S. The van der Waals surface area contributed by atoms with E-state index >= 15 is 0 Å². The number of nitrogens with two attached hydrogens (primary N) is 1. The minimum atomic E-state index is -0.582. The SMILES string of the molecule is CC(C)[C@H](NC(=O)OC(C)(C)C)c1nnc(SCc2ccc(Cl)cc2)n1N. The number of hydrogen-bond donors (Lipinski definition) is 2. The van der Waals surface area contributed by atoms with Gasteiger partial charge >= 0.3 is 6.09 Å². The van der Waals surface area contributed by atoms with Crippen LogP contribution in [0.1, 0.15) is 52.0 Å². The number of nitrogens with zero attached hydrogens (tertiary/aromatic N) is 3. The average molecular weight is 412 g/mol. The van der Waals surface area contributed by atoms with Crippen LogP contribution in [-0.4, -0.2) is 26.6 Å². The number of aromatic nitrogens is 3. The number of nitrogens with one attached hydrogen (secondary N) is 1. The fraction of sp³-hybridized carbons (Fsp3) is 0.500. The highest BCUT2D eigenvalue weighted by atomic mass is 35.5. The predicted molar refractivity (Wildman–Crippen MR) is 108 cm³/mol. The third-order valence-corrected chi connectivity index (χ3v) is 4.86. The Morgan fingerprint density at radius 2 is 1.93 bits per heavy atom. The van der Waals surface area contributed by atoms with E-state index in [2.05, 4.69) is 15.5 Å². The lowest BCUT2D eigenvalue weighted by atomic mass is 10.0. The van der Waals surface area contributed by atoms with E-state index in [4.69, 9.17) is 22.2 Å². The topological polar surface area (TPSA) is 95.1 Å². The lowest BCUT2D eigenvalue weighted by Gasteiger charge is -2.25. The molecule has 0 spiro atoms. The van der Waals surface area contributed by atoms with E-state index in [-0.39, 0.29) is 5.92 Å². The molecule has 0 radical (unpaired) electrons. The minimum absolute atomic E-state index is 0.0538. The first-order chi connectivity index (χ1) is 12.6. The third kappa shape index (κ3) is 6.32. The van der Waals surface area contributed by atoms with E-state index in [1.165, 1.54) is 16.4 Å². The third-order valence-electron chi connectivity index (χ3n) is 3.59. The van der Waals surface area contributed by atoms with Gasteiger partial charge in [0.1, 0.15) is 5.60 Å². The quantitative estimate of drug-likeness (QED) is 0.547. The number of carbonyl (C=O) groups excluding carboxylic acids is 1. The van der Waals surface area contributed by atoms with Gasteiger partial charge < -0.3 is 15.9 Å². The molecule has 0 saturated carbocycles. The number of amides is 1. The predicted octanol–water partition coefficient (Wildman–Crippen LogP) is 4.16. The van der Waals surface area contributed by atoms with Crippen LogP contribution in [0, 0.1) is 5.92 Å². The Balaban J connectivity index is 2.09. The van der Waals surface area contributed by atoms with Gasteiger partial charge in [-0.05, 0) is 44.4 Å². The smallest absolute Gasteiger partial charge is 0.408 e. The first-order valence-corrected chi connectivity index (χ1v) is 10.0. The van der Waals surface area contributed by atoms with Crippen LogP contribution in [0.5, 0.6) is 0 Å². The molecular weight excluding hydrogens is 386 g/mol. The van der Waals surface area contributed by atoms with Crippen molar-refractivity contribution in [2.24, 2.45) is 5.92 Å². The molecule has 27 heavy (non-hydrogen) atoms. The Labute approximate surface area is 169 Å². The second-order valence-corrected chi connectivity index (χ2v) is 8.87. The number of rotatable bonds is 6. The van der Waals surface area contributed by atoms with Gasteiger partial charge in [0.2, 0.25) is 5.16 Å². The van der Waals surface area contributed by atoms with Crippen LogP contribution in [0.3, 0.4) is 0 Å². The van der Waals surface area contributed by atoms with Crippen molar-refractivity contribution >= 4 is 29.5 Å². The van der Waals surface area contributed by atoms with Crippen molar-refractivity contribution in [3.8, 4) is 0 Å². The summed E-state index contributed by atoms with van der Waals surface area (Å²) in [7, 11) is 0. The average Bonchev–Trinajstić information content (AvgIpc) is 2.91. The van der Waals surface area contributed by atoms with Gasteiger partial charge in [-0.1, -0.05) is 49.3 Å². The number of alkyl carbamates (subject to hydrolysis) is 1. The van der Waals surface area contributed by atoms with Gasteiger partial charge in [0, 0.05) is 10.8 Å². The van der Waals surface area contributed by atoms with Crippen molar-refractivity contribution < 1.29 is 9.53 Å². The van der Waals surface area contributed by atoms with Crippen molar-refractivity contribution in [3.63, 3.8) is 0 Å². The molecule has 0 aliphatic heterocycles. The van der Waals surface area contributed by atoms with E-state index in [1.54, 1.807) is 0 Å². The summed E-state index contributed by atoms with van der Waals surface area (Å²) >= 11 is 7.37. The lowest BCUT2D eigenvalue weighted by molar-refractivity contribution is 0.0485. The molecule has 0 saturated heterocycles. The molecule has 0 aliphatic rings. The zero-order valence-electron chi connectivity index (χ0n) is 16.2. The van der Waals surface area contributed by atoms with Crippen molar-refractivity contribution in [2.45, 2.75) is 57.2 Å². The first kappa shape index (κ1) is 21.4. The van der Waals surface area contributed by atoms with E-state index in [0.29, 0.717) is 21.8 Å². The van der Waals surface area contributed by atoms with Crippen LogP contribution in [-0.2, 0) is 10.5 Å². The molecule has 0 bridgehead atoms. The Bertz CT molecular complexity index is 771. The van der Waals surface area contributed by atoms with Crippen LogP contribution >= 0.6 is 23.4 Å². The van der Waals surface area contributed by atoms with Gasteiger partial charge in [0.15, 0.2) is 5.82 Å². The van der Waals surface area contributed by atoms with Gasteiger partial charge in [-0.3, -0.25) is 0 Å². The second kappa shape index (κ2) is 8.84. The van der Waals surface area contributed by atoms with E-state index < -0.39 is 17.7 Å². The summed E-state index contributed by atoms with van der Waals surface area (Å²) in [6.07, 6.45) is -0.514. The first-order valence-electron chi connectivity index (χ1n) is 8.64. The van der Waals surface area contributed by atoms with Crippen molar-refractivity contribution in [1.82, 2.24) is 20.2 Å². The van der Waals surface area contributed by atoms with E-state index in [0.717, 1.165) is 5.56 Å². The summed E-state index contributed by atoms with van der Waals surface area (Å²) in [5.41, 5.74) is 0.517. The molecule has 0 aliphatic carbocycles. The highest BCUT2D eigenvalue weighted by Crippen LogP contribution is 2.26. The standard InChI is InChI=1S/C18H26ClN5O2S/c1-11(2)14(21-17(25)26-18(3,4)5)15-22-23-16(24(15)20)27-10-12-6-8-13(19)9-7-12/h6-9,11,14H,10,20H2,1-5H3,(H,21,25)/t14-/m0/s1. The number of nitrogen functional groups attached to an aromatic ring is 1. The second-order valence-electron chi connectivity index (χ2n) is 7.49. The minimum Gasteiger partial charge on any atom is -0.444 e. The summed E-state index contributed by atoms with van der Waals surface area (Å²) in [5, 5.41) is 12.5. The number of halogens is 1. The summed E-state index contributed by atoms with van der Waals surface area (Å²) < 4.78 is 6.76. The number of thioether (sulfide) groups is 1. The fourth-order valence-corrected chi connectivity index (χ4v) is 3.24. The van der Waals surface area contributed by atoms with Gasteiger partial charge in [-0.25, -0.2) is 9.47 Å². The maximum absolute atomic E-state index is 12.2. The fourth-order valence-electron chi connectivity index (χ4n) is 2.29. The Kier molecular flexibility index (Phi) is 7.00. The number of ether oxygens (including phenoxy) is 1. The molecule has 1 aromatic heterocycles. The van der Waals surface area contributed by atoms with Crippen LogP contribution in [0.15, 0.2) is 29.4 Å². The summed E-state index contributed by atoms with van der Waals surface area (Å²) in [6, 6.07) is 7.18. The molecule has 9 heteroatoms. The Morgan fingerprint density at radius 1 is 1.30 bits per heavy atom. The Hall–Kier alpha value is -1.93. The monoisotopic (exact) mass is 411 g/mol. The molecule has 0 unspecified atom stereocenters. The van der Waals surface area contributed by atoms with Gasteiger partial charge in [-0.15, -0.1) is 10.2 Å². The van der Waals surface area contributed by atoms with Gasteiger partial charge in [0.05, 0.1) is 6.04 Å². The molecule has 2 aromatic rings. The molecule has 7 nitrogen and oxygen atoms in total. The van der Waals surface area contributed by atoms with Gasteiger partial charge in [-0.2, -0.15) is 0 Å². The van der Waals surface area contributed by atoms with Crippen molar-refractivity contribution in [1.29, 1.82) is 0 Å². The maximum atomic E-state index is 12.2. The summed E-state index contributed by atoms with van der Waals surface area (Å²) in [5.74, 6) is 7.40. The molecule has 1 heterocycles. The summed E-state index contributed by atoms with van der Waals surface area (Å²) in [6.45, 7) is 9.38. The molecule has 1 amide bonds. The number of benzene rings is 1. The molecule has 0 fully saturated rings. The largest absolute Gasteiger partial charge is 0.444 e.